The van der Waals surface area contributed by atoms with Gasteiger partial charge in [0.15, 0.2) is 11.5 Å². The van der Waals surface area contributed by atoms with Gasteiger partial charge < -0.3 is 19.9 Å². The van der Waals surface area contributed by atoms with Crippen LogP contribution in [0.15, 0.2) is 35.6 Å². The molecule has 4 aliphatic rings. The molecule has 4 fully saturated rings. The molecule has 44 heavy (non-hydrogen) atoms. The highest BCUT2D eigenvalue weighted by atomic mass is 19.1. The maximum atomic E-state index is 16.1. The average molecular weight is 604 g/mol. The molecule has 0 aliphatic carbocycles. The Bertz CT molecular complexity index is 1870. The van der Waals surface area contributed by atoms with Crippen molar-refractivity contribution in [2.45, 2.75) is 55.9 Å². The van der Waals surface area contributed by atoms with Gasteiger partial charge in [-0.1, -0.05) is 18.7 Å². The minimum absolute atomic E-state index is 0.0320. The quantitative estimate of drug-likeness (QED) is 0.336. The molecule has 1 aromatic carbocycles. The van der Waals surface area contributed by atoms with Gasteiger partial charge >= 0.3 is 6.01 Å². The van der Waals surface area contributed by atoms with Crippen LogP contribution in [-0.4, -0.2) is 81.4 Å². The van der Waals surface area contributed by atoms with Crippen LogP contribution in [0.25, 0.3) is 39.3 Å². The van der Waals surface area contributed by atoms with E-state index in [1.165, 1.54) is 30.3 Å². The minimum atomic E-state index is -0.899. The van der Waals surface area contributed by atoms with Crippen molar-refractivity contribution in [3.63, 3.8) is 0 Å². The van der Waals surface area contributed by atoms with Crippen LogP contribution in [0.4, 0.5) is 19.0 Å². The van der Waals surface area contributed by atoms with Crippen LogP contribution in [0.1, 0.15) is 37.7 Å². The van der Waals surface area contributed by atoms with Gasteiger partial charge in [0.25, 0.3) is 0 Å². The Morgan fingerprint density at radius 3 is 2.70 bits per heavy atom. The van der Waals surface area contributed by atoms with Gasteiger partial charge in [-0.05, 0) is 49.7 Å². The number of rotatable bonds is 6. The monoisotopic (exact) mass is 603 g/mol. The fourth-order valence-electron chi connectivity index (χ4n) is 7.84. The van der Waals surface area contributed by atoms with Gasteiger partial charge in [-0.25, -0.2) is 18.2 Å². The number of hydrogen-bond acceptors (Lipinski definition) is 8. The predicted octanol–water partition coefficient (Wildman–Crippen LogP) is 4.35. The third-order valence-electron chi connectivity index (χ3n) is 9.80. The summed E-state index contributed by atoms with van der Waals surface area (Å²) in [6, 6.07) is 6.03. The Hall–Kier alpha value is -4.03. The smallest absolute Gasteiger partial charge is 0.320 e. The van der Waals surface area contributed by atoms with Crippen LogP contribution in [0.3, 0.4) is 0 Å². The van der Waals surface area contributed by atoms with Crippen molar-refractivity contribution >= 4 is 33.7 Å². The zero-order valence-electron chi connectivity index (χ0n) is 24.1. The second kappa shape index (κ2) is 10.3. The second-order valence-corrected chi connectivity index (χ2v) is 12.6. The Labute approximate surface area is 251 Å². The standard InChI is InChI=1S/C32H32F3N7O2/c1-2-21-23(34)7-4-17-10-25(43)37-28(26(17)21)27-24(35)11-22-29(38-27)39-31(40-30(22)41-14-19-5-6-20(15-41)36-19)44-16-32-8-3-9-42(32)13-18(33)12-32/h2,4,7,10-11,18-20,36H,1,3,5-6,8-9,12-16H2,(H,37,43)/t18-,19?,20?,32+/m1/s1. The van der Waals surface area contributed by atoms with Gasteiger partial charge in [-0.3, -0.25) is 9.69 Å². The summed E-state index contributed by atoms with van der Waals surface area (Å²) in [5.74, 6) is -0.753. The van der Waals surface area contributed by atoms with Crippen LogP contribution in [0, 0.1) is 11.6 Å². The number of benzene rings is 1. The first-order valence-electron chi connectivity index (χ1n) is 15.2. The van der Waals surface area contributed by atoms with Crippen molar-refractivity contribution in [2.24, 2.45) is 0 Å². The molecule has 2 N–H and O–H groups in total. The normalized spacial score (nSPS) is 26.5. The minimum Gasteiger partial charge on any atom is -0.461 e. The molecule has 2 unspecified atom stereocenters. The third kappa shape index (κ3) is 4.45. The van der Waals surface area contributed by atoms with Crippen LogP contribution < -0.4 is 20.5 Å². The van der Waals surface area contributed by atoms with Gasteiger partial charge in [-0.2, -0.15) is 9.97 Å². The highest BCUT2D eigenvalue weighted by molar-refractivity contribution is 6.01. The number of anilines is 1. The Balaban J connectivity index is 1.27. The summed E-state index contributed by atoms with van der Waals surface area (Å²) >= 11 is 0. The largest absolute Gasteiger partial charge is 0.461 e. The van der Waals surface area contributed by atoms with Gasteiger partial charge in [0.1, 0.15) is 30.1 Å². The number of nitrogens with zero attached hydrogens (tertiary/aromatic N) is 5. The molecule has 0 radical (unpaired) electrons. The van der Waals surface area contributed by atoms with E-state index in [4.69, 9.17) is 9.72 Å². The molecule has 7 heterocycles. The number of nitrogens with one attached hydrogen (secondary N) is 2. The zero-order valence-corrected chi connectivity index (χ0v) is 24.1. The number of halogens is 3. The summed E-state index contributed by atoms with van der Waals surface area (Å²) in [6.45, 7) is 6.56. The predicted molar refractivity (Wildman–Crippen MR) is 162 cm³/mol. The topological polar surface area (TPSA) is 99.3 Å². The van der Waals surface area contributed by atoms with Crippen molar-refractivity contribution < 1.29 is 17.9 Å². The molecule has 12 heteroatoms. The highest BCUT2D eigenvalue weighted by Gasteiger charge is 2.49. The van der Waals surface area contributed by atoms with E-state index in [1.807, 2.05) is 0 Å². The number of pyridine rings is 2. The van der Waals surface area contributed by atoms with E-state index in [9.17, 15) is 13.6 Å². The van der Waals surface area contributed by atoms with E-state index in [1.54, 1.807) is 0 Å². The molecule has 228 valence electrons. The van der Waals surface area contributed by atoms with E-state index in [0.717, 1.165) is 32.2 Å². The molecule has 4 aliphatic heterocycles. The highest BCUT2D eigenvalue weighted by Crippen LogP contribution is 2.41. The number of H-pyrrole nitrogens is 1. The number of alkyl halides is 1. The number of piperazine rings is 1. The van der Waals surface area contributed by atoms with Crippen molar-refractivity contribution in [3.05, 3.63) is 58.4 Å². The van der Waals surface area contributed by atoms with Gasteiger partial charge in [0.2, 0.25) is 5.56 Å². The third-order valence-corrected chi connectivity index (χ3v) is 9.80. The molecule has 4 aromatic rings. The summed E-state index contributed by atoms with van der Waals surface area (Å²) in [5, 5.41) is 4.72. The molecular weight excluding hydrogens is 571 g/mol. The maximum absolute atomic E-state index is 16.1. The first kappa shape index (κ1) is 27.5. The van der Waals surface area contributed by atoms with Gasteiger partial charge in [-0.15, -0.1) is 0 Å². The van der Waals surface area contributed by atoms with Crippen molar-refractivity contribution in [2.75, 3.05) is 37.7 Å². The lowest BCUT2D eigenvalue weighted by atomic mass is 9.95. The first-order chi connectivity index (χ1) is 21.3. The molecule has 9 nitrogen and oxygen atoms in total. The molecule has 0 spiro atoms. The summed E-state index contributed by atoms with van der Waals surface area (Å²) < 4.78 is 51.6. The number of hydrogen-bond donors (Lipinski definition) is 2. The number of fused-ring (bicyclic) bond motifs is 5. The van der Waals surface area contributed by atoms with Crippen LogP contribution in [0.2, 0.25) is 0 Å². The molecule has 2 bridgehead atoms. The van der Waals surface area contributed by atoms with E-state index < -0.39 is 28.9 Å². The first-order valence-corrected chi connectivity index (χ1v) is 15.2. The molecule has 4 atom stereocenters. The van der Waals surface area contributed by atoms with Crippen molar-refractivity contribution in [1.29, 1.82) is 0 Å². The fraction of sp³-hybridized carbons (Fsp3) is 0.438. The summed E-state index contributed by atoms with van der Waals surface area (Å²) in [7, 11) is 0. The number of ether oxygens (including phenoxy) is 1. The Kier molecular flexibility index (Phi) is 6.42. The number of aromatic amines is 1. The summed E-state index contributed by atoms with van der Waals surface area (Å²) in [4.78, 5) is 33.6. The van der Waals surface area contributed by atoms with Crippen molar-refractivity contribution in [3.8, 4) is 17.4 Å². The lowest BCUT2D eigenvalue weighted by Crippen LogP contribution is -2.51. The van der Waals surface area contributed by atoms with Crippen LogP contribution in [0.5, 0.6) is 6.01 Å². The molecule has 0 saturated carbocycles. The zero-order chi connectivity index (χ0) is 30.2. The molecule has 3 aromatic heterocycles. The second-order valence-electron chi connectivity index (χ2n) is 12.6. The number of aromatic nitrogens is 4. The van der Waals surface area contributed by atoms with E-state index in [0.29, 0.717) is 54.7 Å². The van der Waals surface area contributed by atoms with Crippen molar-refractivity contribution in [1.82, 2.24) is 30.2 Å². The molecule has 0 amide bonds. The van der Waals surface area contributed by atoms with E-state index in [2.05, 4.69) is 36.6 Å². The van der Waals surface area contributed by atoms with E-state index in [-0.39, 0.29) is 40.6 Å². The average Bonchev–Trinajstić information content (AvgIpc) is 3.65. The SMILES string of the molecule is C=Cc1c(F)ccc2cc(=O)[nH]c(-c3nc4nc(OC[C@@]56CCCN5C[C@H](F)C6)nc(N5CC6CCC(C5)N6)c4cc3F)c12. The Morgan fingerprint density at radius 2 is 1.91 bits per heavy atom. The Morgan fingerprint density at radius 1 is 1.09 bits per heavy atom. The van der Waals surface area contributed by atoms with Crippen LogP contribution >= 0.6 is 0 Å². The summed E-state index contributed by atoms with van der Waals surface area (Å²) in [5.41, 5.74) is -0.728. The molecule has 4 saturated heterocycles. The molecule has 8 rings (SSSR count). The lowest BCUT2D eigenvalue weighted by molar-refractivity contribution is 0.107. The van der Waals surface area contributed by atoms with Gasteiger partial charge in [0.05, 0.1) is 16.6 Å². The van der Waals surface area contributed by atoms with E-state index >= 15 is 4.39 Å². The van der Waals surface area contributed by atoms with Crippen LogP contribution in [-0.2, 0) is 0 Å². The maximum Gasteiger partial charge on any atom is 0.320 e. The van der Waals surface area contributed by atoms with Gasteiger partial charge in [0, 0.05) is 55.2 Å². The lowest BCUT2D eigenvalue weighted by Gasteiger charge is -2.34. The summed E-state index contributed by atoms with van der Waals surface area (Å²) in [6.07, 6.45) is 4.74. The fourth-order valence-corrected chi connectivity index (χ4v) is 7.84. The molecular formula is C32H32F3N7O2.